The zero-order valence-electron chi connectivity index (χ0n) is 12.4. The third kappa shape index (κ3) is 6.56. The van der Waals surface area contributed by atoms with E-state index in [4.69, 9.17) is 4.74 Å². The van der Waals surface area contributed by atoms with Gasteiger partial charge in [-0.25, -0.2) is 0 Å². The van der Waals surface area contributed by atoms with Crippen LogP contribution in [0.2, 0.25) is 0 Å². The molecule has 0 radical (unpaired) electrons. The van der Waals surface area contributed by atoms with E-state index in [1.807, 2.05) is 12.1 Å². The summed E-state index contributed by atoms with van der Waals surface area (Å²) in [5.41, 5.74) is 0.610. The summed E-state index contributed by atoms with van der Waals surface area (Å²) >= 11 is 3.42. The van der Waals surface area contributed by atoms with Crippen molar-refractivity contribution in [2.24, 2.45) is 0 Å². The Morgan fingerprint density at radius 1 is 1.05 bits per heavy atom. The SMILES string of the molecule is CCCCCCCCCCOc1c(Br)cccc1C=O. The van der Waals surface area contributed by atoms with Gasteiger partial charge in [-0.1, -0.05) is 57.9 Å². The Kier molecular flexibility index (Phi) is 9.38. The lowest BCUT2D eigenvalue weighted by atomic mass is 10.1. The van der Waals surface area contributed by atoms with Gasteiger partial charge in [0, 0.05) is 0 Å². The molecule has 0 unspecified atom stereocenters. The quantitative estimate of drug-likeness (QED) is 0.377. The Hall–Kier alpha value is -0.830. The molecule has 0 aliphatic heterocycles. The van der Waals surface area contributed by atoms with Crippen LogP contribution in [0.15, 0.2) is 22.7 Å². The Morgan fingerprint density at radius 3 is 2.35 bits per heavy atom. The minimum atomic E-state index is 0.610. The predicted octanol–water partition coefficient (Wildman–Crippen LogP) is 5.78. The smallest absolute Gasteiger partial charge is 0.153 e. The van der Waals surface area contributed by atoms with Crippen molar-refractivity contribution < 1.29 is 9.53 Å². The second kappa shape index (κ2) is 10.9. The van der Waals surface area contributed by atoms with Crippen LogP contribution in [-0.2, 0) is 0 Å². The fourth-order valence-electron chi connectivity index (χ4n) is 2.18. The van der Waals surface area contributed by atoms with Crippen LogP contribution in [0, 0.1) is 0 Å². The van der Waals surface area contributed by atoms with E-state index in [0.717, 1.165) is 17.2 Å². The van der Waals surface area contributed by atoms with Gasteiger partial charge < -0.3 is 4.74 Å². The van der Waals surface area contributed by atoms with Crippen molar-refractivity contribution >= 4 is 22.2 Å². The maximum absolute atomic E-state index is 10.9. The molecule has 3 heteroatoms. The Bertz CT molecular complexity index is 391. The molecule has 1 aromatic rings. The first-order valence-corrected chi connectivity index (χ1v) is 8.45. The number of rotatable bonds is 11. The molecular weight excluding hydrogens is 316 g/mol. The second-order valence-electron chi connectivity index (χ2n) is 5.10. The van der Waals surface area contributed by atoms with Crippen LogP contribution in [-0.4, -0.2) is 12.9 Å². The molecule has 0 saturated carbocycles. The summed E-state index contributed by atoms with van der Waals surface area (Å²) in [5, 5.41) is 0. The number of carbonyl (C=O) groups excluding carboxylic acids is 1. The van der Waals surface area contributed by atoms with Crippen molar-refractivity contribution in [2.75, 3.05) is 6.61 Å². The van der Waals surface area contributed by atoms with Crippen molar-refractivity contribution in [1.29, 1.82) is 0 Å². The maximum Gasteiger partial charge on any atom is 0.153 e. The first kappa shape index (κ1) is 17.2. The van der Waals surface area contributed by atoms with E-state index in [1.165, 1.54) is 44.9 Å². The molecule has 0 saturated heterocycles. The average molecular weight is 341 g/mol. The highest BCUT2D eigenvalue weighted by atomic mass is 79.9. The maximum atomic E-state index is 10.9. The molecule has 0 amide bonds. The molecule has 2 nitrogen and oxygen atoms in total. The Labute approximate surface area is 131 Å². The lowest BCUT2D eigenvalue weighted by Gasteiger charge is -2.10. The largest absolute Gasteiger partial charge is 0.492 e. The van der Waals surface area contributed by atoms with Crippen molar-refractivity contribution in [3.05, 3.63) is 28.2 Å². The van der Waals surface area contributed by atoms with E-state index in [1.54, 1.807) is 6.07 Å². The number of para-hydroxylation sites is 1. The topological polar surface area (TPSA) is 26.3 Å². The fourth-order valence-corrected chi connectivity index (χ4v) is 2.68. The van der Waals surface area contributed by atoms with Crippen LogP contribution < -0.4 is 4.74 Å². The van der Waals surface area contributed by atoms with Crippen molar-refractivity contribution in [3.63, 3.8) is 0 Å². The molecule has 0 atom stereocenters. The van der Waals surface area contributed by atoms with Crippen LogP contribution in [0.25, 0.3) is 0 Å². The van der Waals surface area contributed by atoms with Gasteiger partial charge in [0.2, 0.25) is 0 Å². The summed E-state index contributed by atoms with van der Waals surface area (Å²) in [7, 11) is 0. The molecule has 0 aliphatic rings. The fraction of sp³-hybridized carbons (Fsp3) is 0.588. The molecule has 1 rings (SSSR count). The molecule has 0 aromatic heterocycles. The first-order valence-electron chi connectivity index (χ1n) is 7.66. The van der Waals surface area contributed by atoms with Crippen molar-refractivity contribution in [1.82, 2.24) is 0 Å². The number of aldehydes is 1. The van der Waals surface area contributed by atoms with Gasteiger partial charge in [-0.2, -0.15) is 0 Å². The summed E-state index contributed by atoms with van der Waals surface area (Å²) in [6, 6.07) is 5.52. The van der Waals surface area contributed by atoms with Gasteiger partial charge in [0.05, 0.1) is 16.6 Å². The van der Waals surface area contributed by atoms with Crippen molar-refractivity contribution in [3.8, 4) is 5.75 Å². The highest BCUT2D eigenvalue weighted by Gasteiger charge is 2.06. The van der Waals surface area contributed by atoms with Gasteiger partial charge in [0.15, 0.2) is 6.29 Å². The predicted molar refractivity (Wildman–Crippen MR) is 87.6 cm³/mol. The van der Waals surface area contributed by atoms with Crippen molar-refractivity contribution in [2.45, 2.75) is 58.3 Å². The molecule has 20 heavy (non-hydrogen) atoms. The van der Waals surface area contributed by atoms with Gasteiger partial charge in [-0.15, -0.1) is 0 Å². The molecule has 0 spiro atoms. The third-order valence-corrected chi connectivity index (χ3v) is 3.99. The normalized spacial score (nSPS) is 10.5. The average Bonchev–Trinajstić information content (AvgIpc) is 2.46. The van der Waals surface area contributed by atoms with Gasteiger partial charge in [-0.3, -0.25) is 4.79 Å². The minimum absolute atomic E-state index is 0.610. The van der Waals surface area contributed by atoms with Crippen LogP contribution in [0.1, 0.15) is 68.6 Å². The first-order chi connectivity index (χ1) is 9.79. The molecule has 0 aliphatic carbocycles. The highest BCUT2D eigenvalue weighted by Crippen LogP contribution is 2.28. The van der Waals surface area contributed by atoms with Gasteiger partial charge in [0.25, 0.3) is 0 Å². The molecule has 0 fully saturated rings. The number of ether oxygens (including phenoxy) is 1. The summed E-state index contributed by atoms with van der Waals surface area (Å²) < 4.78 is 6.57. The highest BCUT2D eigenvalue weighted by molar-refractivity contribution is 9.10. The van der Waals surface area contributed by atoms with Gasteiger partial charge in [0.1, 0.15) is 5.75 Å². The molecule has 1 aromatic carbocycles. The van der Waals surface area contributed by atoms with Gasteiger partial charge >= 0.3 is 0 Å². The summed E-state index contributed by atoms with van der Waals surface area (Å²) in [6.07, 6.45) is 11.1. The Balaban J connectivity index is 2.14. The summed E-state index contributed by atoms with van der Waals surface area (Å²) in [6.45, 7) is 2.92. The van der Waals surface area contributed by atoms with Gasteiger partial charge in [-0.05, 0) is 34.5 Å². The molecule has 0 N–H and O–H groups in total. The number of benzene rings is 1. The summed E-state index contributed by atoms with van der Waals surface area (Å²) in [4.78, 5) is 10.9. The number of carbonyl (C=O) groups is 1. The van der Waals surface area contributed by atoms with E-state index in [-0.39, 0.29) is 0 Å². The molecule has 0 bridgehead atoms. The lowest BCUT2D eigenvalue weighted by molar-refractivity contribution is 0.111. The number of unbranched alkanes of at least 4 members (excludes halogenated alkanes) is 7. The number of hydrogen-bond acceptors (Lipinski definition) is 2. The van der Waals surface area contributed by atoms with E-state index >= 15 is 0 Å². The van der Waals surface area contributed by atoms with E-state index in [0.29, 0.717) is 17.9 Å². The monoisotopic (exact) mass is 340 g/mol. The molecular formula is C17H25BrO2. The second-order valence-corrected chi connectivity index (χ2v) is 5.95. The lowest BCUT2D eigenvalue weighted by Crippen LogP contribution is -2.00. The number of halogens is 1. The van der Waals surface area contributed by atoms with Crippen LogP contribution in [0.3, 0.4) is 0 Å². The van der Waals surface area contributed by atoms with E-state index < -0.39 is 0 Å². The number of hydrogen-bond donors (Lipinski definition) is 0. The van der Waals surface area contributed by atoms with Crippen LogP contribution in [0.4, 0.5) is 0 Å². The zero-order valence-corrected chi connectivity index (χ0v) is 14.0. The zero-order chi connectivity index (χ0) is 14.6. The summed E-state index contributed by atoms with van der Waals surface area (Å²) in [5.74, 6) is 0.672. The Morgan fingerprint density at radius 2 is 1.70 bits per heavy atom. The standard InChI is InChI=1S/C17H25BrO2/c1-2-3-4-5-6-7-8-9-13-20-17-15(14-19)11-10-12-16(17)18/h10-12,14H,2-9,13H2,1H3. The van der Waals surface area contributed by atoms with Crippen LogP contribution >= 0.6 is 15.9 Å². The molecule has 0 heterocycles. The molecule has 112 valence electrons. The minimum Gasteiger partial charge on any atom is -0.492 e. The van der Waals surface area contributed by atoms with E-state index in [2.05, 4.69) is 22.9 Å². The third-order valence-electron chi connectivity index (χ3n) is 3.37. The van der Waals surface area contributed by atoms with E-state index in [9.17, 15) is 4.79 Å². The van der Waals surface area contributed by atoms with Crippen LogP contribution in [0.5, 0.6) is 5.75 Å².